The molecule has 0 spiro atoms. The maximum Gasteiger partial charge on any atom is 0.154 e. The molecule has 0 fully saturated rings. The Labute approximate surface area is 114 Å². The van der Waals surface area contributed by atoms with E-state index >= 15 is 0 Å². The molecule has 3 heteroatoms. The van der Waals surface area contributed by atoms with Gasteiger partial charge in [0.25, 0.3) is 0 Å². The Bertz CT molecular complexity index is 606. The predicted molar refractivity (Wildman–Crippen MR) is 78.1 cm³/mol. The van der Waals surface area contributed by atoms with Crippen LogP contribution < -0.4 is 15.2 Å². The first-order valence-corrected chi connectivity index (χ1v) is 6.21. The molecule has 0 saturated carbocycles. The van der Waals surface area contributed by atoms with E-state index in [2.05, 4.69) is 13.0 Å². The number of para-hydroxylation sites is 1. The summed E-state index contributed by atoms with van der Waals surface area (Å²) in [6, 6.07) is 9.67. The van der Waals surface area contributed by atoms with Gasteiger partial charge in [0, 0.05) is 0 Å². The molecule has 0 bridgehead atoms. The summed E-state index contributed by atoms with van der Waals surface area (Å²) in [5.41, 5.74) is 10.0. The van der Waals surface area contributed by atoms with E-state index in [1.807, 2.05) is 38.1 Å². The standard InChI is InChI=1S/C16H19NO2/c1-10-8-11(2)12(3)15(9-10)19-14-7-5-6-13(18-4)16(14)17/h5-9H,17H2,1-4H3. The van der Waals surface area contributed by atoms with Crippen molar-refractivity contribution < 1.29 is 9.47 Å². The van der Waals surface area contributed by atoms with Crippen LogP contribution in [0.15, 0.2) is 30.3 Å². The number of hydrogen-bond donors (Lipinski definition) is 1. The fourth-order valence-electron chi connectivity index (χ4n) is 2.02. The molecule has 0 aromatic heterocycles. The lowest BCUT2D eigenvalue weighted by molar-refractivity contribution is 0.412. The number of aryl methyl sites for hydroxylation is 2. The molecule has 2 aromatic rings. The van der Waals surface area contributed by atoms with Gasteiger partial charge in [-0.25, -0.2) is 0 Å². The zero-order valence-corrected chi connectivity index (χ0v) is 11.8. The molecule has 0 radical (unpaired) electrons. The summed E-state index contributed by atoms with van der Waals surface area (Å²) in [4.78, 5) is 0. The van der Waals surface area contributed by atoms with Gasteiger partial charge in [0.1, 0.15) is 17.2 Å². The number of rotatable bonds is 3. The summed E-state index contributed by atoms with van der Waals surface area (Å²) >= 11 is 0. The summed E-state index contributed by atoms with van der Waals surface area (Å²) in [6.07, 6.45) is 0. The second-order valence-corrected chi connectivity index (χ2v) is 4.68. The van der Waals surface area contributed by atoms with Gasteiger partial charge in [0.2, 0.25) is 0 Å². The van der Waals surface area contributed by atoms with Crippen LogP contribution in [-0.4, -0.2) is 7.11 Å². The van der Waals surface area contributed by atoms with Crippen LogP contribution in [0.5, 0.6) is 17.2 Å². The Hall–Kier alpha value is -2.16. The molecule has 0 aliphatic heterocycles. The number of nitrogens with two attached hydrogens (primary N) is 1. The fraction of sp³-hybridized carbons (Fsp3) is 0.250. The Morgan fingerprint density at radius 1 is 0.947 bits per heavy atom. The van der Waals surface area contributed by atoms with Crippen LogP contribution in [0.1, 0.15) is 16.7 Å². The summed E-state index contributed by atoms with van der Waals surface area (Å²) in [5.74, 6) is 2.07. The SMILES string of the molecule is COc1cccc(Oc2cc(C)cc(C)c2C)c1N. The average molecular weight is 257 g/mol. The average Bonchev–Trinajstić information content (AvgIpc) is 2.37. The van der Waals surface area contributed by atoms with Crippen LogP contribution in [0.2, 0.25) is 0 Å². The third-order valence-electron chi connectivity index (χ3n) is 3.23. The molecular weight excluding hydrogens is 238 g/mol. The second kappa shape index (κ2) is 5.22. The van der Waals surface area contributed by atoms with Gasteiger partial charge in [0.15, 0.2) is 5.75 Å². The van der Waals surface area contributed by atoms with Crippen LogP contribution in [0, 0.1) is 20.8 Å². The minimum absolute atomic E-state index is 0.517. The van der Waals surface area contributed by atoms with E-state index in [0.29, 0.717) is 17.2 Å². The lowest BCUT2D eigenvalue weighted by Crippen LogP contribution is -1.97. The molecule has 2 N–H and O–H groups in total. The van der Waals surface area contributed by atoms with Crippen molar-refractivity contribution in [2.24, 2.45) is 0 Å². The number of methoxy groups -OCH3 is 1. The normalized spacial score (nSPS) is 10.3. The fourth-order valence-corrected chi connectivity index (χ4v) is 2.02. The van der Waals surface area contributed by atoms with Crippen molar-refractivity contribution in [3.05, 3.63) is 47.0 Å². The van der Waals surface area contributed by atoms with Crippen LogP contribution in [-0.2, 0) is 0 Å². The molecule has 100 valence electrons. The first-order chi connectivity index (χ1) is 9.02. The Balaban J connectivity index is 2.42. The van der Waals surface area contributed by atoms with Crippen molar-refractivity contribution in [3.8, 4) is 17.2 Å². The number of benzene rings is 2. The van der Waals surface area contributed by atoms with Gasteiger partial charge >= 0.3 is 0 Å². The molecule has 0 atom stereocenters. The Kier molecular flexibility index (Phi) is 3.65. The number of anilines is 1. The molecular formula is C16H19NO2. The van der Waals surface area contributed by atoms with Crippen molar-refractivity contribution in [2.75, 3.05) is 12.8 Å². The van der Waals surface area contributed by atoms with Gasteiger partial charge in [0.05, 0.1) is 7.11 Å². The van der Waals surface area contributed by atoms with Crippen molar-refractivity contribution in [3.63, 3.8) is 0 Å². The highest BCUT2D eigenvalue weighted by atomic mass is 16.5. The van der Waals surface area contributed by atoms with Crippen LogP contribution in [0.3, 0.4) is 0 Å². The highest BCUT2D eigenvalue weighted by Crippen LogP contribution is 2.36. The molecule has 0 saturated heterocycles. The first-order valence-electron chi connectivity index (χ1n) is 6.21. The minimum Gasteiger partial charge on any atom is -0.494 e. The van der Waals surface area contributed by atoms with E-state index in [1.54, 1.807) is 7.11 Å². The third kappa shape index (κ3) is 2.65. The molecule has 2 rings (SSSR count). The summed E-state index contributed by atoms with van der Waals surface area (Å²) < 4.78 is 11.1. The monoisotopic (exact) mass is 257 g/mol. The zero-order chi connectivity index (χ0) is 14.0. The van der Waals surface area contributed by atoms with Crippen molar-refractivity contribution in [1.82, 2.24) is 0 Å². The molecule has 3 nitrogen and oxygen atoms in total. The lowest BCUT2D eigenvalue weighted by atomic mass is 10.1. The van der Waals surface area contributed by atoms with Gasteiger partial charge in [-0.3, -0.25) is 0 Å². The van der Waals surface area contributed by atoms with Crippen LogP contribution in [0.25, 0.3) is 0 Å². The topological polar surface area (TPSA) is 44.5 Å². The Morgan fingerprint density at radius 2 is 1.63 bits per heavy atom. The van der Waals surface area contributed by atoms with Crippen LogP contribution >= 0.6 is 0 Å². The number of hydrogen-bond acceptors (Lipinski definition) is 3. The van der Waals surface area contributed by atoms with Crippen molar-refractivity contribution in [2.45, 2.75) is 20.8 Å². The number of nitrogen functional groups attached to an aromatic ring is 1. The number of ether oxygens (including phenoxy) is 2. The third-order valence-corrected chi connectivity index (χ3v) is 3.23. The largest absolute Gasteiger partial charge is 0.494 e. The van der Waals surface area contributed by atoms with Crippen molar-refractivity contribution in [1.29, 1.82) is 0 Å². The maximum atomic E-state index is 6.02. The van der Waals surface area contributed by atoms with Gasteiger partial charge < -0.3 is 15.2 Å². The molecule has 0 heterocycles. The van der Waals surface area contributed by atoms with E-state index in [-0.39, 0.29) is 0 Å². The Morgan fingerprint density at radius 3 is 2.32 bits per heavy atom. The lowest BCUT2D eigenvalue weighted by Gasteiger charge is -2.14. The second-order valence-electron chi connectivity index (χ2n) is 4.68. The van der Waals surface area contributed by atoms with Gasteiger partial charge in [-0.15, -0.1) is 0 Å². The smallest absolute Gasteiger partial charge is 0.154 e. The van der Waals surface area contributed by atoms with Gasteiger partial charge in [-0.1, -0.05) is 12.1 Å². The van der Waals surface area contributed by atoms with E-state index in [1.165, 1.54) is 11.1 Å². The zero-order valence-electron chi connectivity index (χ0n) is 11.8. The highest BCUT2D eigenvalue weighted by molar-refractivity contribution is 5.64. The molecule has 0 amide bonds. The van der Waals surface area contributed by atoms with Crippen molar-refractivity contribution >= 4 is 5.69 Å². The minimum atomic E-state index is 0.517. The predicted octanol–water partition coefficient (Wildman–Crippen LogP) is 3.99. The van der Waals surface area contributed by atoms with Gasteiger partial charge in [-0.05, 0) is 55.7 Å². The molecule has 2 aromatic carbocycles. The molecule has 0 aliphatic rings. The van der Waals surface area contributed by atoms with Crippen LogP contribution in [0.4, 0.5) is 5.69 Å². The van der Waals surface area contributed by atoms with E-state index in [4.69, 9.17) is 15.2 Å². The van der Waals surface area contributed by atoms with E-state index < -0.39 is 0 Å². The molecule has 19 heavy (non-hydrogen) atoms. The maximum absolute atomic E-state index is 6.02. The van der Waals surface area contributed by atoms with Gasteiger partial charge in [-0.2, -0.15) is 0 Å². The van der Waals surface area contributed by atoms with E-state index in [0.717, 1.165) is 11.3 Å². The quantitative estimate of drug-likeness (QED) is 0.845. The van der Waals surface area contributed by atoms with E-state index in [9.17, 15) is 0 Å². The first kappa shape index (κ1) is 13.3. The highest BCUT2D eigenvalue weighted by Gasteiger charge is 2.10. The summed E-state index contributed by atoms with van der Waals surface area (Å²) in [7, 11) is 1.59. The molecule has 0 unspecified atom stereocenters. The molecule has 0 aliphatic carbocycles. The summed E-state index contributed by atoms with van der Waals surface area (Å²) in [6.45, 7) is 6.17. The summed E-state index contributed by atoms with van der Waals surface area (Å²) in [5, 5.41) is 0.